The Balaban J connectivity index is 2.26. The van der Waals surface area contributed by atoms with Gasteiger partial charge >= 0.3 is 0 Å². The van der Waals surface area contributed by atoms with Crippen molar-refractivity contribution in [2.45, 2.75) is 32.8 Å². The van der Waals surface area contributed by atoms with Gasteiger partial charge in [-0.25, -0.2) is 0 Å². The fraction of sp³-hybridized carbons (Fsp3) is 0.917. The third kappa shape index (κ3) is 5.48. The molecule has 1 saturated heterocycles. The smallest absolute Gasteiger partial charge is 0.251 e. The summed E-state index contributed by atoms with van der Waals surface area (Å²) in [6, 6.07) is 0. The Hall–Kier alpha value is -0.650. The number of carbonyl (C=O) groups excluding carboxylic acids is 1. The predicted molar refractivity (Wildman–Crippen MR) is 63.7 cm³/mol. The number of amides is 1. The summed E-state index contributed by atoms with van der Waals surface area (Å²) in [5.74, 6) is -0.109. The van der Waals surface area contributed by atoms with Crippen LogP contribution in [0.1, 0.15) is 26.7 Å². The molecule has 17 heavy (non-hydrogen) atoms. The van der Waals surface area contributed by atoms with E-state index in [1.54, 1.807) is 0 Å². The van der Waals surface area contributed by atoms with Crippen LogP contribution in [0, 0.1) is 5.41 Å². The van der Waals surface area contributed by atoms with E-state index < -0.39 is 6.10 Å². The maximum Gasteiger partial charge on any atom is 0.251 e. The van der Waals surface area contributed by atoms with Gasteiger partial charge in [-0.2, -0.15) is 0 Å². The first-order valence-electron chi connectivity index (χ1n) is 6.13. The zero-order chi connectivity index (χ0) is 12.7. The number of hydrogen-bond acceptors (Lipinski definition) is 4. The maximum atomic E-state index is 11.8. The Morgan fingerprint density at radius 1 is 1.47 bits per heavy atom. The van der Waals surface area contributed by atoms with Gasteiger partial charge in [0.2, 0.25) is 0 Å². The normalized spacial score (nSPS) is 21.2. The Morgan fingerprint density at radius 2 is 2.24 bits per heavy atom. The highest BCUT2D eigenvalue weighted by Crippen LogP contribution is 2.20. The van der Waals surface area contributed by atoms with Crippen LogP contribution in [0.2, 0.25) is 0 Å². The van der Waals surface area contributed by atoms with E-state index in [9.17, 15) is 4.79 Å². The van der Waals surface area contributed by atoms with Crippen molar-refractivity contribution >= 4 is 5.91 Å². The number of ether oxygens (including phenoxy) is 2. The first-order chi connectivity index (χ1) is 8.05. The minimum atomic E-state index is -0.475. The molecule has 0 aromatic carbocycles. The van der Waals surface area contributed by atoms with Gasteiger partial charge in [0, 0.05) is 13.2 Å². The number of carbonyl (C=O) groups is 1. The SMILES string of the molecule is CC(C)(CCCO)CNC(=O)C1COCCO1. The summed E-state index contributed by atoms with van der Waals surface area (Å²) < 4.78 is 10.5. The van der Waals surface area contributed by atoms with Gasteiger partial charge in [-0.15, -0.1) is 0 Å². The third-order valence-corrected chi connectivity index (χ3v) is 2.86. The predicted octanol–water partition coefficient (Wildman–Crippen LogP) is 0.317. The molecule has 1 aliphatic rings. The van der Waals surface area contributed by atoms with Crippen molar-refractivity contribution < 1.29 is 19.4 Å². The highest BCUT2D eigenvalue weighted by atomic mass is 16.6. The van der Waals surface area contributed by atoms with Gasteiger partial charge in [0.25, 0.3) is 5.91 Å². The fourth-order valence-electron chi connectivity index (χ4n) is 1.73. The lowest BCUT2D eigenvalue weighted by atomic mass is 9.88. The van der Waals surface area contributed by atoms with Crippen LogP contribution in [0.15, 0.2) is 0 Å². The van der Waals surface area contributed by atoms with Crippen molar-refractivity contribution in [3.05, 3.63) is 0 Å². The molecule has 0 aromatic heterocycles. The zero-order valence-corrected chi connectivity index (χ0v) is 10.7. The molecule has 0 saturated carbocycles. The molecule has 0 aromatic rings. The number of aliphatic hydroxyl groups excluding tert-OH is 1. The second kappa shape index (κ2) is 6.93. The second-order valence-electron chi connectivity index (χ2n) is 5.14. The summed E-state index contributed by atoms with van der Waals surface area (Å²) in [4.78, 5) is 11.8. The average Bonchev–Trinajstić information content (AvgIpc) is 2.35. The molecular weight excluding hydrogens is 222 g/mol. The van der Waals surface area contributed by atoms with E-state index in [2.05, 4.69) is 19.2 Å². The molecule has 2 N–H and O–H groups in total. The number of rotatable bonds is 6. The largest absolute Gasteiger partial charge is 0.396 e. The van der Waals surface area contributed by atoms with Crippen molar-refractivity contribution in [2.75, 3.05) is 33.0 Å². The first-order valence-corrected chi connectivity index (χ1v) is 6.13. The quantitative estimate of drug-likeness (QED) is 0.707. The lowest BCUT2D eigenvalue weighted by molar-refractivity contribution is -0.147. The molecule has 1 unspecified atom stereocenters. The van der Waals surface area contributed by atoms with Crippen molar-refractivity contribution in [1.82, 2.24) is 5.32 Å². The average molecular weight is 245 g/mol. The molecule has 1 aliphatic heterocycles. The van der Waals surface area contributed by atoms with Crippen LogP contribution in [-0.2, 0) is 14.3 Å². The van der Waals surface area contributed by atoms with E-state index in [-0.39, 0.29) is 17.9 Å². The molecule has 100 valence electrons. The fourth-order valence-corrected chi connectivity index (χ4v) is 1.73. The summed E-state index contributed by atoms with van der Waals surface area (Å²) in [6.07, 6.45) is 1.16. The third-order valence-electron chi connectivity index (χ3n) is 2.86. The molecule has 1 fully saturated rings. The van der Waals surface area contributed by atoms with Crippen molar-refractivity contribution in [3.63, 3.8) is 0 Å². The van der Waals surface area contributed by atoms with E-state index >= 15 is 0 Å². The molecule has 1 heterocycles. The number of hydrogen-bond donors (Lipinski definition) is 2. The van der Waals surface area contributed by atoms with Crippen molar-refractivity contribution in [3.8, 4) is 0 Å². The van der Waals surface area contributed by atoms with Crippen LogP contribution in [0.5, 0.6) is 0 Å². The molecule has 0 bridgehead atoms. The molecule has 0 aliphatic carbocycles. The monoisotopic (exact) mass is 245 g/mol. The Kier molecular flexibility index (Phi) is 5.88. The van der Waals surface area contributed by atoms with Gasteiger partial charge < -0.3 is 19.9 Å². The Morgan fingerprint density at radius 3 is 2.82 bits per heavy atom. The molecule has 5 nitrogen and oxygen atoms in total. The molecule has 1 rings (SSSR count). The van der Waals surface area contributed by atoms with Gasteiger partial charge in [0.15, 0.2) is 6.10 Å². The Labute approximate surface area is 102 Å². The lowest BCUT2D eigenvalue weighted by Gasteiger charge is -2.27. The number of nitrogens with one attached hydrogen (secondary N) is 1. The van der Waals surface area contributed by atoms with Crippen molar-refractivity contribution in [2.24, 2.45) is 5.41 Å². The van der Waals surface area contributed by atoms with Crippen LogP contribution < -0.4 is 5.32 Å². The molecule has 0 radical (unpaired) electrons. The van der Waals surface area contributed by atoms with E-state index in [0.717, 1.165) is 12.8 Å². The molecule has 1 amide bonds. The first kappa shape index (κ1) is 14.4. The Bertz CT molecular complexity index is 237. The van der Waals surface area contributed by atoms with Crippen molar-refractivity contribution in [1.29, 1.82) is 0 Å². The summed E-state index contributed by atoms with van der Waals surface area (Å²) in [5, 5.41) is 11.7. The summed E-state index contributed by atoms with van der Waals surface area (Å²) in [7, 11) is 0. The minimum Gasteiger partial charge on any atom is -0.396 e. The highest BCUT2D eigenvalue weighted by molar-refractivity contribution is 5.81. The second-order valence-corrected chi connectivity index (χ2v) is 5.14. The van der Waals surface area contributed by atoms with Gasteiger partial charge in [-0.05, 0) is 18.3 Å². The highest BCUT2D eigenvalue weighted by Gasteiger charge is 2.25. The van der Waals surface area contributed by atoms with Gasteiger partial charge in [0.05, 0.1) is 19.8 Å². The van der Waals surface area contributed by atoms with E-state index in [1.165, 1.54) is 0 Å². The zero-order valence-electron chi connectivity index (χ0n) is 10.7. The van der Waals surface area contributed by atoms with E-state index in [4.69, 9.17) is 14.6 Å². The molecule has 0 spiro atoms. The number of aliphatic hydroxyl groups is 1. The van der Waals surface area contributed by atoms with Gasteiger partial charge in [-0.3, -0.25) is 4.79 Å². The molecular formula is C12H23NO4. The minimum absolute atomic E-state index is 0.00604. The maximum absolute atomic E-state index is 11.8. The summed E-state index contributed by atoms with van der Waals surface area (Å²) in [6.45, 7) is 6.30. The van der Waals surface area contributed by atoms with E-state index in [1.807, 2.05) is 0 Å². The summed E-state index contributed by atoms with van der Waals surface area (Å²) in [5.41, 5.74) is -0.00604. The van der Waals surface area contributed by atoms with Crippen LogP contribution in [0.25, 0.3) is 0 Å². The van der Waals surface area contributed by atoms with Gasteiger partial charge in [0.1, 0.15) is 0 Å². The molecule has 1 atom stereocenters. The van der Waals surface area contributed by atoms with Crippen LogP contribution in [0.3, 0.4) is 0 Å². The lowest BCUT2D eigenvalue weighted by Crippen LogP contribution is -2.45. The van der Waals surface area contributed by atoms with E-state index in [0.29, 0.717) is 26.4 Å². The summed E-state index contributed by atoms with van der Waals surface area (Å²) >= 11 is 0. The van der Waals surface area contributed by atoms with Gasteiger partial charge in [-0.1, -0.05) is 13.8 Å². The molecule has 5 heteroatoms. The standard InChI is InChI=1S/C12H23NO4/c1-12(2,4-3-5-14)9-13-11(15)10-8-16-6-7-17-10/h10,14H,3-9H2,1-2H3,(H,13,15). The van der Waals surface area contributed by atoms with Crippen LogP contribution >= 0.6 is 0 Å². The topological polar surface area (TPSA) is 67.8 Å². The van der Waals surface area contributed by atoms with Crippen LogP contribution in [0.4, 0.5) is 0 Å². The van der Waals surface area contributed by atoms with Crippen LogP contribution in [-0.4, -0.2) is 50.1 Å².